The molecule has 1 aromatic carbocycles. The number of nitrogens with one attached hydrogen (secondary N) is 1. The average molecular weight is 265 g/mol. The molecule has 0 aromatic heterocycles. The van der Waals surface area contributed by atoms with Crippen molar-refractivity contribution in [2.45, 2.75) is 43.0 Å². The van der Waals surface area contributed by atoms with E-state index in [0.29, 0.717) is 6.04 Å². The van der Waals surface area contributed by atoms with Gasteiger partial charge in [-0.3, -0.25) is 4.79 Å². The lowest BCUT2D eigenvalue weighted by Crippen LogP contribution is -2.33. The molecule has 0 saturated heterocycles. The fourth-order valence-corrected chi connectivity index (χ4v) is 2.91. The van der Waals surface area contributed by atoms with Gasteiger partial charge < -0.3 is 10.1 Å². The van der Waals surface area contributed by atoms with Gasteiger partial charge in [0.2, 0.25) is 0 Å². The summed E-state index contributed by atoms with van der Waals surface area (Å²) in [5, 5.41) is 3.14. The van der Waals surface area contributed by atoms with Crippen LogP contribution in [0.25, 0.3) is 0 Å². The Hall–Kier alpha value is -1.16. The van der Waals surface area contributed by atoms with E-state index in [9.17, 15) is 4.79 Å². The quantitative estimate of drug-likeness (QED) is 0.844. The highest BCUT2D eigenvalue weighted by molar-refractivity contribution is 8.13. The van der Waals surface area contributed by atoms with Crippen molar-refractivity contribution < 1.29 is 9.53 Å². The Morgan fingerprint density at radius 1 is 1.22 bits per heavy atom. The van der Waals surface area contributed by atoms with Crippen LogP contribution in [0.4, 0.5) is 4.79 Å². The van der Waals surface area contributed by atoms with Crippen LogP contribution in [0.15, 0.2) is 29.2 Å². The number of thioether (sulfide) groups is 1. The molecule has 1 aliphatic carbocycles. The number of carbonyl (C=O) groups is 1. The van der Waals surface area contributed by atoms with Gasteiger partial charge in [0.15, 0.2) is 0 Å². The van der Waals surface area contributed by atoms with Crippen molar-refractivity contribution in [3.05, 3.63) is 24.3 Å². The molecule has 0 spiro atoms. The van der Waals surface area contributed by atoms with E-state index in [4.69, 9.17) is 4.74 Å². The lowest BCUT2D eigenvalue weighted by molar-refractivity contribution is 0.253. The number of carbonyl (C=O) groups excluding carboxylic acids is 1. The highest BCUT2D eigenvalue weighted by Gasteiger charge is 2.16. The molecule has 18 heavy (non-hydrogen) atoms. The zero-order chi connectivity index (χ0) is 12.8. The summed E-state index contributed by atoms with van der Waals surface area (Å²) in [5.41, 5.74) is 0. The van der Waals surface area contributed by atoms with Gasteiger partial charge in [0.1, 0.15) is 5.75 Å². The molecule has 1 aromatic rings. The standard InChI is InChI=1S/C14H19NO2S/c1-17-12-7-9-13(10-8-12)18-14(16)15-11-5-3-2-4-6-11/h7-11H,2-6H2,1H3,(H,15,16). The maximum absolute atomic E-state index is 11.9. The van der Waals surface area contributed by atoms with Crippen molar-refractivity contribution in [1.82, 2.24) is 5.32 Å². The molecule has 0 heterocycles. The molecule has 1 fully saturated rings. The lowest BCUT2D eigenvalue weighted by atomic mass is 9.96. The Kier molecular flexibility index (Phi) is 4.93. The summed E-state index contributed by atoms with van der Waals surface area (Å²) in [6.07, 6.45) is 6.01. The third kappa shape index (κ3) is 3.95. The first kappa shape index (κ1) is 13.3. The Morgan fingerprint density at radius 2 is 1.89 bits per heavy atom. The van der Waals surface area contributed by atoms with E-state index < -0.39 is 0 Å². The van der Waals surface area contributed by atoms with E-state index in [1.165, 1.54) is 31.0 Å². The minimum absolute atomic E-state index is 0.0482. The van der Waals surface area contributed by atoms with E-state index in [2.05, 4.69) is 5.32 Å². The third-order valence-electron chi connectivity index (χ3n) is 3.20. The minimum atomic E-state index is 0.0482. The summed E-state index contributed by atoms with van der Waals surface area (Å²) in [4.78, 5) is 12.8. The van der Waals surface area contributed by atoms with Gasteiger partial charge in [-0.05, 0) is 48.9 Å². The fraction of sp³-hybridized carbons (Fsp3) is 0.500. The molecular weight excluding hydrogens is 246 g/mol. The Labute approximate surface area is 112 Å². The summed E-state index contributed by atoms with van der Waals surface area (Å²) in [6.45, 7) is 0. The summed E-state index contributed by atoms with van der Waals surface area (Å²) >= 11 is 1.25. The summed E-state index contributed by atoms with van der Waals surface area (Å²) in [6, 6.07) is 7.93. The molecule has 2 rings (SSSR count). The largest absolute Gasteiger partial charge is 0.497 e. The van der Waals surface area contributed by atoms with Crippen molar-refractivity contribution in [1.29, 1.82) is 0 Å². The number of benzene rings is 1. The van der Waals surface area contributed by atoms with Crippen molar-refractivity contribution >= 4 is 17.0 Å². The predicted molar refractivity (Wildman–Crippen MR) is 74.3 cm³/mol. The molecule has 0 aliphatic heterocycles. The molecular formula is C14H19NO2S. The second-order valence-corrected chi connectivity index (χ2v) is 5.59. The van der Waals surface area contributed by atoms with E-state index in [1.807, 2.05) is 24.3 Å². The van der Waals surface area contributed by atoms with Crippen LogP contribution in [-0.4, -0.2) is 18.4 Å². The maximum Gasteiger partial charge on any atom is 0.284 e. The van der Waals surface area contributed by atoms with Gasteiger partial charge >= 0.3 is 0 Å². The monoisotopic (exact) mass is 265 g/mol. The number of amides is 1. The van der Waals surface area contributed by atoms with Crippen LogP contribution in [0.1, 0.15) is 32.1 Å². The zero-order valence-corrected chi connectivity index (χ0v) is 11.5. The van der Waals surface area contributed by atoms with Gasteiger partial charge in [-0.15, -0.1) is 0 Å². The van der Waals surface area contributed by atoms with Crippen LogP contribution in [0.3, 0.4) is 0 Å². The highest BCUT2D eigenvalue weighted by Crippen LogP contribution is 2.23. The number of ether oxygens (including phenoxy) is 1. The van der Waals surface area contributed by atoms with Gasteiger partial charge in [-0.2, -0.15) is 0 Å². The van der Waals surface area contributed by atoms with E-state index in [-0.39, 0.29) is 5.24 Å². The van der Waals surface area contributed by atoms with Crippen molar-refractivity contribution in [3.63, 3.8) is 0 Å². The second kappa shape index (κ2) is 6.69. The smallest absolute Gasteiger partial charge is 0.284 e. The van der Waals surface area contributed by atoms with Gasteiger partial charge in [0.25, 0.3) is 5.24 Å². The Morgan fingerprint density at radius 3 is 2.50 bits per heavy atom. The molecule has 0 atom stereocenters. The van der Waals surface area contributed by atoms with E-state index >= 15 is 0 Å². The molecule has 3 nitrogen and oxygen atoms in total. The molecule has 0 radical (unpaired) electrons. The maximum atomic E-state index is 11.9. The molecule has 0 unspecified atom stereocenters. The second-order valence-electron chi connectivity index (χ2n) is 4.54. The van der Waals surface area contributed by atoms with Gasteiger partial charge in [-0.1, -0.05) is 19.3 Å². The number of hydrogen-bond donors (Lipinski definition) is 1. The SMILES string of the molecule is COc1ccc(SC(=O)NC2CCCCC2)cc1. The molecule has 0 bridgehead atoms. The first-order valence-corrected chi connectivity index (χ1v) is 7.22. The minimum Gasteiger partial charge on any atom is -0.497 e. The predicted octanol–water partition coefficient (Wildman–Crippen LogP) is 3.83. The summed E-state index contributed by atoms with van der Waals surface area (Å²) in [7, 11) is 1.64. The van der Waals surface area contributed by atoms with Crippen LogP contribution >= 0.6 is 11.8 Å². The molecule has 4 heteroatoms. The third-order valence-corrected chi connectivity index (χ3v) is 4.01. The molecule has 1 N–H and O–H groups in total. The van der Waals surface area contributed by atoms with E-state index in [0.717, 1.165) is 23.5 Å². The zero-order valence-electron chi connectivity index (χ0n) is 10.6. The number of rotatable bonds is 3. The lowest BCUT2D eigenvalue weighted by Gasteiger charge is -2.22. The van der Waals surface area contributed by atoms with E-state index in [1.54, 1.807) is 7.11 Å². The van der Waals surface area contributed by atoms with Gasteiger partial charge in [0, 0.05) is 10.9 Å². The first-order valence-electron chi connectivity index (χ1n) is 6.40. The van der Waals surface area contributed by atoms with Crippen LogP contribution in [-0.2, 0) is 0 Å². The van der Waals surface area contributed by atoms with Crippen LogP contribution in [0.2, 0.25) is 0 Å². The number of methoxy groups -OCH3 is 1. The van der Waals surface area contributed by atoms with Crippen molar-refractivity contribution in [2.75, 3.05) is 7.11 Å². The molecule has 1 saturated carbocycles. The Bertz CT molecular complexity index is 385. The number of hydrogen-bond acceptors (Lipinski definition) is 3. The van der Waals surface area contributed by atoms with Crippen LogP contribution < -0.4 is 10.1 Å². The van der Waals surface area contributed by atoms with Gasteiger partial charge in [-0.25, -0.2) is 0 Å². The first-order chi connectivity index (χ1) is 8.78. The highest BCUT2D eigenvalue weighted by atomic mass is 32.2. The molecule has 1 amide bonds. The molecule has 1 aliphatic rings. The summed E-state index contributed by atoms with van der Waals surface area (Å²) < 4.78 is 5.09. The Balaban J connectivity index is 1.82. The average Bonchev–Trinajstić information content (AvgIpc) is 2.40. The summed E-state index contributed by atoms with van der Waals surface area (Å²) in [5.74, 6) is 0.812. The normalized spacial score (nSPS) is 16.3. The van der Waals surface area contributed by atoms with Crippen LogP contribution in [0.5, 0.6) is 5.75 Å². The fourth-order valence-electron chi connectivity index (χ4n) is 2.19. The van der Waals surface area contributed by atoms with Crippen LogP contribution in [0, 0.1) is 0 Å². The van der Waals surface area contributed by atoms with Gasteiger partial charge in [0.05, 0.1) is 7.11 Å². The van der Waals surface area contributed by atoms with Crippen molar-refractivity contribution in [2.24, 2.45) is 0 Å². The topological polar surface area (TPSA) is 38.3 Å². The van der Waals surface area contributed by atoms with Crippen molar-refractivity contribution in [3.8, 4) is 5.75 Å². The molecule has 98 valence electrons.